The molecule has 0 spiro atoms. The number of hydrogen-bond donors (Lipinski definition) is 2. The maximum atomic E-state index is 6.14. The van der Waals surface area contributed by atoms with Crippen molar-refractivity contribution in [1.82, 2.24) is 20.4 Å². The molecule has 1 heterocycles. The number of aryl methyl sites for hydroxylation is 3. The van der Waals surface area contributed by atoms with E-state index < -0.39 is 0 Å². The molecular weight excluding hydrogens is 390 g/mol. The van der Waals surface area contributed by atoms with Gasteiger partial charge in [0, 0.05) is 25.3 Å². The monoisotopic (exact) mass is 427 g/mol. The van der Waals surface area contributed by atoms with E-state index >= 15 is 0 Å². The summed E-state index contributed by atoms with van der Waals surface area (Å²) in [4.78, 5) is 4.73. The summed E-state index contributed by atoms with van der Waals surface area (Å²) in [6.07, 6.45) is 6.06. The largest absolute Gasteiger partial charge is 0.493 e. The molecule has 1 aliphatic rings. The van der Waals surface area contributed by atoms with Crippen LogP contribution in [0.25, 0.3) is 0 Å². The highest BCUT2D eigenvalue weighted by atomic mass is 16.5. The Morgan fingerprint density at radius 1 is 1.16 bits per heavy atom. The molecule has 3 rings (SSSR count). The minimum atomic E-state index is 0.316. The summed E-state index contributed by atoms with van der Waals surface area (Å²) < 4.78 is 13.8. The van der Waals surface area contributed by atoms with E-state index in [4.69, 9.17) is 14.5 Å². The SMILES string of the molecule is CCNC(=NCc1ccc(OC2CCCC2)c(OC)c1)NCCCn1nc(C)cc1C. The second-order valence-electron chi connectivity index (χ2n) is 8.14. The number of guanidine groups is 1. The van der Waals surface area contributed by atoms with Crippen molar-refractivity contribution in [3.63, 3.8) is 0 Å². The molecule has 1 aromatic carbocycles. The van der Waals surface area contributed by atoms with Gasteiger partial charge in [-0.05, 0) is 76.6 Å². The molecule has 0 atom stereocenters. The van der Waals surface area contributed by atoms with Gasteiger partial charge in [-0.25, -0.2) is 4.99 Å². The van der Waals surface area contributed by atoms with Crippen molar-refractivity contribution in [2.24, 2.45) is 4.99 Å². The highest BCUT2D eigenvalue weighted by Crippen LogP contribution is 2.32. The van der Waals surface area contributed by atoms with Crippen LogP contribution in [0.5, 0.6) is 11.5 Å². The summed E-state index contributed by atoms with van der Waals surface area (Å²) in [6, 6.07) is 8.22. The first-order chi connectivity index (χ1) is 15.1. The lowest BCUT2D eigenvalue weighted by Crippen LogP contribution is -2.38. The van der Waals surface area contributed by atoms with E-state index in [1.807, 2.05) is 19.1 Å². The van der Waals surface area contributed by atoms with E-state index in [1.54, 1.807) is 7.11 Å². The van der Waals surface area contributed by atoms with Gasteiger partial charge in [0.2, 0.25) is 0 Å². The van der Waals surface area contributed by atoms with Gasteiger partial charge >= 0.3 is 0 Å². The zero-order chi connectivity index (χ0) is 22.1. The summed E-state index contributed by atoms with van der Waals surface area (Å²) in [5, 5.41) is 11.2. The van der Waals surface area contributed by atoms with Gasteiger partial charge < -0.3 is 20.1 Å². The van der Waals surface area contributed by atoms with Crippen molar-refractivity contribution in [1.29, 1.82) is 0 Å². The van der Waals surface area contributed by atoms with Crippen LogP contribution in [-0.2, 0) is 13.1 Å². The Hall–Kier alpha value is -2.70. The molecule has 7 heteroatoms. The van der Waals surface area contributed by atoms with Crippen LogP contribution in [0, 0.1) is 13.8 Å². The smallest absolute Gasteiger partial charge is 0.191 e. The van der Waals surface area contributed by atoms with Crippen LogP contribution in [-0.4, -0.2) is 42.0 Å². The molecule has 1 aromatic heterocycles. The molecule has 0 saturated heterocycles. The third kappa shape index (κ3) is 6.91. The summed E-state index contributed by atoms with van der Waals surface area (Å²) in [6.45, 7) is 9.32. The zero-order valence-corrected chi connectivity index (χ0v) is 19.4. The van der Waals surface area contributed by atoms with Gasteiger partial charge in [-0.3, -0.25) is 4.68 Å². The lowest BCUT2D eigenvalue weighted by Gasteiger charge is -2.16. The normalized spacial score (nSPS) is 14.6. The predicted octanol–water partition coefficient (Wildman–Crippen LogP) is 3.98. The number of rotatable bonds is 10. The van der Waals surface area contributed by atoms with Crippen LogP contribution < -0.4 is 20.1 Å². The number of hydrogen-bond acceptors (Lipinski definition) is 4. The summed E-state index contributed by atoms with van der Waals surface area (Å²) in [5.74, 6) is 2.43. The van der Waals surface area contributed by atoms with Gasteiger partial charge in [0.25, 0.3) is 0 Å². The number of aromatic nitrogens is 2. The Balaban J connectivity index is 1.53. The minimum Gasteiger partial charge on any atom is -0.493 e. The number of nitrogens with one attached hydrogen (secondary N) is 2. The second-order valence-corrected chi connectivity index (χ2v) is 8.14. The summed E-state index contributed by atoms with van der Waals surface area (Å²) in [5.41, 5.74) is 3.36. The van der Waals surface area contributed by atoms with Gasteiger partial charge in [0.05, 0.1) is 25.5 Å². The van der Waals surface area contributed by atoms with Gasteiger partial charge in [-0.1, -0.05) is 6.07 Å². The third-order valence-corrected chi connectivity index (χ3v) is 5.53. The minimum absolute atomic E-state index is 0.316. The van der Waals surface area contributed by atoms with Gasteiger partial charge in [0.15, 0.2) is 17.5 Å². The van der Waals surface area contributed by atoms with Gasteiger partial charge in [-0.2, -0.15) is 5.10 Å². The van der Waals surface area contributed by atoms with Crippen LogP contribution >= 0.6 is 0 Å². The fourth-order valence-electron chi connectivity index (χ4n) is 3.94. The second kappa shape index (κ2) is 11.6. The van der Waals surface area contributed by atoms with Crippen LogP contribution in [0.15, 0.2) is 29.3 Å². The number of ether oxygens (including phenoxy) is 2. The highest BCUT2D eigenvalue weighted by molar-refractivity contribution is 5.79. The average Bonchev–Trinajstić information content (AvgIpc) is 3.38. The van der Waals surface area contributed by atoms with E-state index in [1.165, 1.54) is 18.5 Å². The van der Waals surface area contributed by atoms with Crippen LogP contribution in [0.3, 0.4) is 0 Å². The lowest BCUT2D eigenvalue weighted by atomic mass is 10.2. The summed E-state index contributed by atoms with van der Waals surface area (Å²) in [7, 11) is 1.69. The fourth-order valence-corrected chi connectivity index (χ4v) is 3.94. The molecule has 7 nitrogen and oxygen atoms in total. The number of methoxy groups -OCH3 is 1. The predicted molar refractivity (Wildman–Crippen MR) is 125 cm³/mol. The first-order valence-electron chi connectivity index (χ1n) is 11.5. The Morgan fingerprint density at radius 3 is 2.65 bits per heavy atom. The van der Waals surface area contributed by atoms with Crippen molar-refractivity contribution in [3.05, 3.63) is 41.2 Å². The van der Waals surface area contributed by atoms with Crippen molar-refractivity contribution in [2.75, 3.05) is 20.2 Å². The van der Waals surface area contributed by atoms with Gasteiger partial charge in [-0.15, -0.1) is 0 Å². The molecule has 1 fully saturated rings. The zero-order valence-electron chi connectivity index (χ0n) is 19.4. The fraction of sp³-hybridized carbons (Fsp3) is 0.583. The van der Waals surface area contributed by atoms with Crippen molar-refractivity contribution < 1.29 is 9.47 Å². The number of aliphatic imine (C=N–C) groups is 1. The first-order valence-corrected chi connectivity index (χ1v) is 11.5. The Bertz CT molecular complexity index is 856. The Labute approximate surface area is 186 Å². The molecule has 1 saturated carbocycles. The molecule has 31 heavy (non-hydrogen) atoms. The highest BCUT2D eigenvalue weighted by Gasteiger charge is 2.18. The van der Waals surface area contributed by atoms with E-state index in [9.17, 15) is 0 Å². The molecule has 2 N–H and O–H groups in total. The van der Waals surface area contributed by atoms with Crippen molar-refractivity contribution in [3.8, 4) is 11.5 Å². The van der Waals surface area contributed by atoms with Gasteiger partial charge in [0.1, 0.15) is 0 Å². The van der Waals surface area contributed by atoms with E-state index in [0.717, 1.165) is 67.6 Å². The standard InChI is InChI=1S/C24H37N5O2/c1-5-25-24(26-13-8-14-29-19(3)15-18(2)28-29)27-17-20-11-12-22(23(16-20)30-4)31-21-9-6-7-10-21/h11-12,15-16,21H,5-10,13-14,17H2,1-4H3,(H2,25,26,27). The van der Waals surface area contributed by atoms with E-state index in [0.29, 0.717) is 12.6 Å². The third-order valence-electron chi connectivity index (χ3n) is 5.53. The Kier molecular flexibility index (Phi) is 8.62. The molecule has 1 aliphatic carbocycles. The quantitative estimate of drug-likeness (QED) is 0.341. The van der Waals surface area contributed by atoms with Crippen LogP contribution in [0.1, 0.15) is 56.0 Å². The number of nitrogens with zero attached hydrogens (tertiary/aromatic N) is 3. The van der Waals surface area contributed by atoms with Crippen LogP contribution in [0.4, 0.5) is 0 Å². The van der Waals surface area contributed by atoms with E-state index in [-0.39, 0.29) is 0 Å². The lowest BCUT2D eigenvalue weighted by molar-refractivity contribution is 0.200. The average molecular weight is 428 g/mol. The number of benzene rings is 1. The molecule has 0 amide bonds. The molecule has 0 bridgehead atoms. The molecule has 170 valence electrons. The van der Waals surface area contributed by atoms with Crippen molar-refractivity contribution in [2.45, 2.75) is 72.1 Å². The van der Waals surface area contributed by atoms with Crippen LogP contribution in [0.2, 0.25) is 0 Å². The molecule has 0 aliphatic heterocycles. The maximum absolute atomic E-state index is 6.14. The molecule has 0 unspecified atom stereocenters. The van der Waals surface area contributed by atoms with Crippen molar-refractivity contribution >= 4 is 5.96 Å². The first kappa shape index (κ1) is 23.0. The molecule has 0 radical (unpaired) electrons. The molecular formula is C24H37N5O2. The Morgan fingerprint density at radius 2 is 1.97 bits per heavy atom. The summed E-state index contributed by atoms with van der Waals surface area (Å²) >= 11 is 0. The topological polar surface area (TPSA) is 72.7 Å². The van der Waals surface area contributed by atoms with E-state index in [2.05, 4.69) is 46.4 Å². The maximum Gasteiger partial charge on any atom is 0.191 e. The molecule has 2 aromatic rings.